The standard InChI is InChI=1S/C9H15N3O2/c13-4-2-1-3-9(14)10-5-8-6-11-12-7-8/h6-7,13H,1-5H2,(H,10,14)(H,11,12). The van der Waals surface area contributed by atoms with Gasteiger partial charge in [0.15, 0.2) is 0 Å². The summed E-state index contributed by atoms with van der Waals surface area (Å²) >= 11 is 0. The van der Waals surface area contributed by atoms with Crippen molar-refractivity contribution < 1.29 is 9.90 Å². The van der Waals surface area contributed by atoms with Crippen LogP contribution < -0.4 is 5.32 Å². The molecule has 3 N–H and O–H groups in total. The Morgan fingerprint density at radius 2 is 2.43 bits per heavy atom. The molecule has 0 aromatic carbocycles. The van der Waals surface area contributed by atoms with Crippen molar-refractivity contribution in [3.63, 3.8) is 0 Å². The zero-order valence-electron chi connectivity index (χ0n) is 7.99. The summed E-state index contributed by atoms with van der Waals surface area (Å²) in [7, 11) is 0. The summed E-state index contributed by atoms with van der Waals surface area (Å²) in [5.41, 5.74) is 0.959. The fourth-order valence-corrected chi connectivity index (χ4v) is 1.06. The van der Waals surface area contributed by atoms with Gasteiger partial charge in [-0.3, -0.25) is 9.89 Å². The van der Waals surface area contributed by atoms with Crippen molar-refractivity contribution in [3.05, 3.63) is 18.0 Å². The van der Waals surface area contributed by atoms with Crippen LogP contribution in [0.4, 0.5) is 0 Å². The van der Waals surface area contributed by atoms with E-state index in [4.69, 9.17) is 5.11 Å². The van der Waals surface area contributed by atoms with Gasteiger partial charge in [-0.1, -0.05) is 0 Å². The van der Waals surface area contributed by atoms with E-state index < -0.39 is 0 Å². The minimum absolute atomic E-state index is 0.0136. The number of unbranched alkanes of at least 4 members (excludes halogenated alkanes) is 1. The molecule has 14 heavy (non-hydrogen) atoms. The van der Waals surface area contributed by atoms with Crippen LogP contribution in [0.5, 0.6) is 0 Å². The Labute approximate surface area is 82.5 Å². The van der Waals surface area contributed by atoms with Crippen molar-refractivity contribution in [2.24, 2.45) is 0 Å². The van der Waals surface area contributed by atoms with Gasteiger partial charge < -0.3 is 10.4 Å². The number of aliphatic hydroxyl groups is 1. The first kappa shape index (κ1) is 10.7. The predicted octanol–water partition coefficient (Wildman–Crippen LogP) is 0.188. The number of carbonyl (C=O) groups is 1. The van der Waals surface area contributed by atoms with Gasteiger partial charge in [-0.2, -0.15) is 5.10 Å². The van der Waals surface area contributed by atoms with Gasteiger partial charge >= 0.3 is 0 Å². The van der Waals surface area contributed by atoms with Crippen LogP contribution in [0.3, 0.4) is 0 Å². The van der Waals surface area contributed by atoms with E-state index in [-0.39, 0.29) is 12.5 Å². The number of H-pyrrole nitrogens is 1. The molecule has 0 atom stereocenters. The number of carbonyl (C=O) groups excluding carboxylic acids is 1. The van der Waals surface area contributed by atoms with Crippen molar-refractivity contribution in [2.45, 2.75) is 25.8 Å². The normalized spacial score (nSPS) is 10.1. The molecule has 1 heterocycles. The van der Waals surface area contributed by atoms with Crippen LogP contribution in [0.25, 0.3) is 0 Å². The first-order valence-electron chi connectivity index (χ1n) is 4.68. The molecule has 0 fully saturated rings. The van der Waals surface area contributed by atoms with Crippen LogP contribution in [-0.2, 0) is 11.3 Å². The molecule has 1 rings (SSSR count). The number of nitrogens with one attached hydrogen (secondary N) is 2. The lowest BCUT2D eigenvalue weighted by Gasteiger charge is -2.02. The molecule has 0 spiro atoms. The maximum atomic E-state index is 11.2. The van der Waals surface area contributed by atoms with Crippen molar-refractivity contribution in [1.29, 1.82) is 0 Å². The molecular formula is C9H15N3O2. The molecule has 0 radical (unpaired) electrons. The van der Waals surface area contributed by atoms with Crippen molar-refractivity contribution >= 4 is 5.91 Å². The average Bonchev–Trinajstić information content (AvgIpc) is 2.68. The van der Waals surface area contributed by atoms with Gasteiger partial charge in [0, 0.05) is 31.3 Å². The zero-order chi connectivity index (χ0) is 10.2. The number of amides is 1. The summed E-state index contributed by atoms with van der Waals surface area (Å²) < 4.78 is 0. The number of hydrogen-bond donors (Lipinski definition) is 3. The Bertz CT molecular complexity index is 259. The van der Waals surface area contributed by atoms with Crippen LogP contribution in [0.2, 0.25) is 0 Å². The summed E-state index contributed by atoms with van der Waals surface area (Å²) in [5.74, 6) is 0.0136. The van der Waals surface area contributed by atoms with Crippen molar-refractivity contribution in [2.75, 3.05) is 6.61 Å². The summed E-state index contributed by atoms with van der Waals surface area (Å²) in [6.45, 7) is 0.656. The molecule has 0 aliphatic heterocycles. The van der Waals surface area contributed by atoms with Crippen LogP contribution in [0.15, 0.2) is 12.4 Å². The lowest BCUT2D eigenvalue weighted by atomic mass is 10.2. The lowest BCUT2D eigenvalue weighted by molar-refractivity contribution is -0.121. The first-order valence-corrected chi connectivity index (χ1v) is 4.68. The van der Waals surface area contributed by atoms with E-state index in [1.54, 1.807) is 12.4 Å². The molecule has 0 aliphatic rings. The van der Waals surface area contributed by atoms with E-state index in [9.17, 15) is 4.79 Å². The number of aliphatic hydroxyl groups excluding tert-OH is 1. The highest BCUT2D eigenvalue weighted by atomic mass is 16.2. The lowest BCUT2D eigenvalue weighted by Crippen LogP contribution is -2.22. The Morgan fingerprint density at radius 1 is 1.57 bits per heavy atom. The second-order valence-electron chi connectivity index (χ2n) is 3.06. The third-order valence-electron chi connectivity index (χ3n) is 1.86. The third-order valence-corrected chi connectivity index (χ3v) is 1.86. The van der Waals surface area contributed by atoms with Gasteiger partial charge in [-0.05, 0) is 12.8 Å². The highest BCUT2D eigenvalue weighted by molar-refractivity contribution is 5.75. The maximum Gasteiger partial charge on any atom is 0.220 e. The molecule has 1 amide bonds. The third kappa shape index (κ3) is 4.04. The Morgan fingerprint density at radius 3 is 3.07 bits per heavy atom. The van der Waals surface area contributed by atoms with Gasteiger partial charge in [-0.25, -0.2) is 0 Å². The SMILES string of the molecule is O=C(CCCCO)NCc1cn[nH]c1. The second kappa shape index (κ2) is 6.15. The number of aromatic amines is 1. The van der Waals surface area contributed by atoms with Crippen LogP contribution >= 0.6 is 0 Å². The van der Waals surface area contributed by atoms with E-state index in [0.29, 0.717) is 19.4 Å². The number of rotatable bonds is 6. The number of nitrogens with zero attached hydrogens (tertiary/aromatic N) is 1. The van der Waals surface area contributed by atoms with E-state index in [1.807, 2.05) is 0 Å². The molecule has 0 aliphatic carbocycles. The quantitative estimate of drug-likeness (QED) is 0.569. The molecule has 0 saturated carbocycles. The first-order chi connectivity index (χ1) is 6.83. The molecule has 1 aromatic heterocycles. The van der Waals surface area contributed by atoms with Gasteiger partial charge in [-0.15, -0.1) is 0 Å². The fraction of sp³-hybridized carbons (Fsp3) is 0.556. The molecule has 78 valence electrons. The highest BCUT2D eigenvalue weighted by Crippen LogP contribution is 1.96. The molecule has 5 heteroatoms. The molecule has 5 nitrogen and oxygen atoms in total. The second-order valence-corrected chi connectivity index (χ2v) is 3.06. The van der Waals surface area contributed by atoms with Gasteiger partial charge in [0.25, 0.3) is 0 Å². The Kier molecular flexibility index (Phi) is 4.71. The summed E-state index contributed by atoms with van der Waals surface area (Å²) in [6.07, 6.45) is 5.30. The summed E-state index contributed by atoms with van der Waals surface area (Å²) in [4.78, 5) is 11.2. The van der Waals surface area contributed by atoms with Crippen LogP contribution in [0.1, 0.15) is 24.8 Å². The topological polar surface area (TPSA) is 78.0 Å². The van der Waals surface area contributed by atoms with E-state index in [2.05, 4.69) is 15.5 Å². The molecule has 0 unspecified atom stereocenters. The van der Waals surface area contributed by atoms with E-state index >= 15 is 0 Å². The minimum atomic E-state index is 0.0136. The van der Waals surface area contributed by atoms with Gasteiger partial charge in [0.2, 0.25) is 5.91 Å². The zero-order valence-corrected chi connectivity index (χ0v) is 7.99. The summed E-state index contributed by atoms with van der Waals surface area (Å²) in [6, 6.07) is 0. The van der Waals surface area contributed by atoms with Crippen molar-refractivity contribution in [1.82, 2.24) is 15.5 Å². The average molecular weight is 197 g/mol. The summed E-state index contributed by atoms with van der Waals surface area (Å²) in [5, 5.41) is 17.7. The van der Waals surface area contributed by atoms with Gasteiger partial charge in [0.05, 0.1) is 6.20 Å². The van der Waals surface area contributed by atoms with Crippen LogP contribution in [-0.4, -0.2) is 27.8 Å². The van der Waals surface area contributed by atoms with E-state index in [1.165, 1.54) is 0 Å². The van der Waals surface area contributed by atoms with E-state index in [0.717, 1.165) is 12.0 Å². The smallest absolute Gasteiger partial charge is 0.220 e. The molecule has 1 aromatic rings. The molecular weight excluding hydrogens is 182 g/mol. The Hall–Kier alpha value is -1.36. The number of hydrogen-bond acceptors (Lipinski definition) is 3. The fourth-order valence-electron chi connectivity index (χ4n) is 1.06. The van der Waals surface area contributed by atoms with Crippen molar-refractivity contribution in [3.8, 4) is 0 Å². The monoisotopic (exact) mass is 197 g/mol. The Balaban J connectivity index is 2.09. The minimum Gasteiger partial charge on any atom is -0.396 e. The molecule has 0 saturated heterocycles. The number of aromatic nitrogens is 2. The maximum absolute atomic E-state index is 11.2. The van der Waals surface area contributed by atoms with Gasteiger partial charge in [0.1, 0.15) is 0 Å². The predicted molar refractivity (Wildman–Crippen MR) is 51.4 cm³/mol. The molecule has 0 bridgehead atoms. The largest absolute Gasteiger partial charge is 0.396 e. The van der Waals surface area contributed by atoms with Crippen LogP contribution in [0, 0.1) is 0 Å². The highest BCUT2D eigenvalue weighted by Gasteiger charge is 2.00.